The van der Waals surface area contributed by atoms with E-state index in [1.807, 2.05) is 19.2 Å². The minimum atomic E-state index is -0.600. The highest BCUT2D eigenvalue weighted by Gasteiger charge is 2.29. The Morgan fingerprint density at radius 3 is 2.93 bits per heavy atom. The van der Waals surface area contributed by atoms with Crippen LogP contribution in [0.2, 0.25) is 5.02 Å². The number of halogens is 2. The molecule has 150 valence electrons. The molecule has 3 rings (SSSR count). The fraction of sp³-hybridized carbons (Fsp3) is 0.450. The van der Waals surface area contributed by atoms with E-state index in [2.05, 4.69) is 10.3 Å². The summed E-state index contributed by atoms with van der Waals surface area (Å²) in [5.41, 5.74) is 0.746. The molecule has 2 aromatic rings. The molecule has 0 saturated carbocycles. The molecule has 1 aliphatic rings. The van der Waals surface area contributed by atoms with Crippen molar-refractivity contribution in [3.63, 3.8) is 0 Å². The first-order chi connectivity index (χ1) is 13.4. The van der Waals surface area contributed by atoms with Crippen LogP contribution in [0.5, 0.6) is 0 Å². The van der Waals surface area contributed by atoms with Crippen LogP contribution >= 0.6 is 22.9 Å². The van der Waals surface area contributed by atoms with Crippen LogP contribution < -0.4 is 5.32 Å². The summed E-state index contributed by atoms with van der Waals surface area (Å²) < 4.78 is 14.1. The minimum absolute atomic E-state index is 0.00856. The maximum atomic E-state index is 14.1. The Kier molecular flexibility index (Phi) is 6.67. The first-order valence-electron chi connectivity index (χ1n) is 9.32. The van der Waals surface area contributed by atoms with Gasteiger partial charge < -0.3 is 10.2 Å². The second kappa shape index (κ2) is 9.01. The lowest BCUT2D eigenvalue weighted by Gasteiger charge is -2.32. The number of hydrogen-bond donors (Lipinski definition) is 1. The largest absolute Gasteiger partial charge is 0.350 e. The van der Waals surface area contributed by atoms with Gasteiger partial charge in [0.1, 0.15) is 5.82 Å². The molecule has 1 aromatic heterocycles. The Balaban J connectivity index is 1.67. The monoisotopic (exact) mass is 423 g/mol. The molecule has 0 bridgehead atoms. The van der Waals surface area contributed by atoms with Crippen molar-refractivity contribution in [3.8, 4) is 0 Å². The van der Waals surface area contributed by atoms with Gasteiger partial charge in [0.05, 0.1) is 27.8 Å². The summed E-state index contributed by atoms with van der Waals surface area (Å²) in [6.45, 7) is 5.14. The summed E-state index contributed by atoms with van der Waals surface area (Å²) in [5, 5.41) is 5.86. The predicted molar refractivity (Wildman–Crippen MR) is 108 cm³/mol. The lowest BCUT2D eigenvalue weighted by molar-refractivity contribution is -0.124. The lowest BCUT2D eigenvalue weighted by atomic mass is 9.98. The van der Waals surface area contributed by atoms with Gasteiger partial charge in [0.2, 0.25) is 5.91 Å². The van der Waals surface area contributed by atoms with Gasteiger partial charge in [-0.05, 0) is 25.0 Å². The van der Waals surface area contributed by atoms with Gasteiger partial charge in [0.15, 0.2) is 0 Å². The molecule has 1 fully saturated rings. The number of carbonyl (C=O) groups is 2. The van der Waals surface area contributed by atoms with Crippen molar-refractivity contribution in [2.24, 2.45) is 5.92 Å². The zero-order valence-corrected chi connectivity index (χ0v) is 17.4. The van der Waals surface area contributed by atoms with Crippen molar-refractivity contribution in [1.29, 1.82) is 0 Å². The smallest absolute Gasteiger partial charge is 0.258 e. The Bertz CT molecular complexity index is 851. The standard InChI is InChI=1S/C20H23ClFN3O2S/c1-12(2)18(26)23-9-14-11-28-19(24-14)13-5-4-8-25(10-13)20(27)17-15(21)6-3-7-16(17)22/h3,6-7,11-13H,4-5,8-10H2,1-2H3,(H,23,26)/t13-/m0/s1. The van der Waals surface area contributed by atoms with Crippen molar-refractivity contribution in [2.75, 3.05) is 13.1 Å². The summed E-state index contributed by atoms with van der Waals surface area (Å²) in [6.07, 6.45) is 1.74. The average Bonchev–Trinajstić information content (AvgIpc) is 3.15. The third-order valence-corrected chi connectivity index (χ3v) is 6.14. The molecule has 8 heteroatoms. The molecule has 28 heavy (non-hydrogen) atoms. The summed E-state index contributed by atoms with van der Waals surface area (Å²) in [5.74, 6) is -0.958. The van der Waals surface area contributed by atoms with Gasteiger partial charge in [-0.2, -0.15) is 0 Å². The van der Waals surface area contributed by atoms with Crippen LogP contribution in [0.1, 0.15) is 53.7 Å². The third kappa shape index (κ3) is 4.70. The van der Waals surface area contributed by atoms with Crippen LogP contribution in [0.15, 0.2) is 23.6 Å². The summed E-state index contributed by atoms with van der Waals surface area (Å²) in [7, 11) is 0. The van der Waals surface area contributed by atoms with Crippen LogP contribution in [-0.2, 0) is 11.3 Å². The number of aromatic nitrogens is 1. The van der Waals surface area contributed by atoms with E-state index >= 15 is 0 Å². The number of nitrogens with zero attached hydrogens (tertiary/aromatic N) is 2. The highest BCUT2D eigenvalue weighted by molar-refractivity contribution is 7.09. The number of amides is 2. The summed E-state index contributed by atoms with van der Waals surface area (Å²) >= 11 is 7.58. The Morgan fingerprint density at radius 1 is 1.43 bits per heavy atom. The zero-order valence-electron chi connectivity index (χ0n) is 15.9. The van der Waals surface area contributed by atoms with E-state index in [4.69, 9.17) is 11.6 Å². The van der Waals surface area contributed by atoms with Crippen molar-refractivity contribution in [2.45, 2.75) is 39.2 Å². The van der Waals surface area contributed by atoms with E-state index in [9.17, 15) is 14.0 Å². The SMILES string of the molecule is CC(C)C(=O)NCc1csc([C@H]2CCCN(C(=O)c3c(F)cccc3Cl)C2)n1. The van der Waals surface area contributed by atoms with Crippen molar-refractivity contribution in [1.82, 2.24) is 15.2 Å². The zero-order chi connectivity index (χ0) is 20.3. The maximum absolute atomic E-state index is 14.1. The molecular weight excluding hydrogens is 401 g/mol. The van der Waals surface area contributed by atoms with Crippen molar-refractivity contribution >= 4 is 34.8 Å². The Labute approximate surface area is 172 Å². The van der Waals surface area contributed by atoms with Crippen LogP contribution in [0.3, 0.4) is 0 Å². The number of thiazole rings is 1. The molecule has 1 saturated heterocycles. The van der Waals surface area contributed by atoms with E-state index in [-0.39, 0.29) is 34.2 Å². The number of piperidine rings is 1. The second-order valence-electron chi connectivity index (χ2n) is 7.24. The number of benzene rings is 1. The van der Waals surface area contributed by atoms with Crippen LogP contribution in [0.4, 0.5) is 4.39 Å². The molecule has 2 amide bonds. The molecule has 0 aliphatic carbocycles. The molecule has 0 unspecified atom stereocenters. The van der Waals surface area contributed by atoms with Crippen molar-refractivity contribution in [3.05, 3.63) is 50.7 Å². The molecule has 1 N–H and O–H groups in total. The van der Waals surface area contributed by atoms with Crippen LogP contribution in [0, 0.1) is 11.7 Å². The highest BCUT2D eigenvalue weighted by Crippen LogP contribution is 2.31. The number of nitrogens with one attached hydrogen (secondary N) is 1. The minimum Gasteiger partial charge on any atom is -0.350 e. The number of carbonyl (C=O) groups excluding carboxylic acids is 2. The van der Waals surface area contributed by atoms with E-state index in [0.29, 0.717) is 19.6 Å². The average molecular weight is 424 g/mol. The third-order valence-electron chi connectivity index (χ3n) is 4.77. The summed E-state index contributed by atoms with van der Waals surface area (Å²) in [4.78, 5) is 30.8. The van der Waals surface area contributed by atoms with Gasteiger partial charge in [-0.25, -0.2) is 9.37 Å². The predicted octanol–water partition coefficient (Wildman–Crippen LogP) is 4.23. The molecule has 0 radical (unpaired) electrons. The Morgan fingerprint density at radius 2 is 2.21 bits per heavy atom. The van der Waals surface area contributed by atoms with E-state index in [0.717, 1.165) is 23.5 Å². The van der Waals surface area contributed by atoms with Gasteiger partial charge >= 0.3 is 0 Å². The molecule has 1 aromatic carbocycles. The number of hydrogen-bond acceptors (Lipinski definition) is 4. The topological polar surface area (TPSA) is 62.3 Å². The number of likely N-dealkylation sites (tertiary alicyclic amines) is 1. The molecule has 1 atom stereocenters. The highest BCUT2D eigenvalue weighted by atomic mass is 35.5. The first kappa shape index (κ1) is 20.7. The normalized spacial score (nSPS) is 17.0. The quantitative estimate of drug-likeness (QED) is 0.782. The molecular formula is C20H23ClFN3O2S. The first-order valence-corrected chi connectivity index (χ1v) is 10.6. The van der Waals surface area contributed by atoms with Gasteiger partial charge in [0, 0.05) is 30.3 Å². The van der Waals surface area contributed by atoms with Crippen LogP contribution in [-0.4, -0.2) is 34.8 Å². The fourth-order valence-electron chi connectivity index (χ4n) is 3.20. The lowest BCUT2D eigenvalue weighted by Crippen LogP contribution is -2.39. The molecule has 2 heterocycles. The second-order valence-corrected chi connectivity index (χ2v) is 8.53. The maximum Gasteiger partial charge on any atom is 0.258 e. The number of rotatable bonds is 5. The van der Waals surface area contributed by atoms with E-state index < -0.39 is 5.82 Å². The van der Waals surface area contributed by atoms with Crippen LogP contribution in [0.25, 0.3) is 0 Å². The van der Waals surface area contributed by atoms with Gasteiger partial charge in [-0.3, -0.25) is 9.59 Å². The van der Waals surface area contributed by atoms with E-state index in [1.54, 1.807) is 4.90 Å². The van der Waals surface area contributed by atoms with Gasteiger partial charge in [-0.15, -0.1) is 11.3 Å². The fourth-order valence-corrected chi connectivity index (χ4v) is 4.39. The van der Waals surface area contributed by atoms with E-state index in [1.165, 1.54) is 29.5 Å². The molecule has 5 nitrogen and oxygen atoms in total. The molecule has 0 spiro atoms. The summed E-state index contributed by atoms with van der Waals surface area (Å²) in [6, 6.07) is 4.26. The molecule has 1 aliphatic heterocycles. The Hall–Kier alpha value is -1.99. The van der Waals surface area contributed by atoms with Crippen molar-refractivity contribution < 1.29 is 14.0 Å². The van der Waals surface area contributed by atoms with Gasteiger partial charge in [0.25, 0.3) is 5.91 Å². The van der Waals surface area contributed by atoms with Gasteiger partial charge in [-0.1, -0.05) is 31.5 Å².